The standard InChI is InChI=1S/C20H19N5O2S/c1-28-18-8-6-16(7-9-18)24-13-14(12-19(24)26)20(27)23-15-2-4-17(5-3-15)25-21-10-11-22-25/h2-11,14H,12-13H2,1H3,(H,23,27). The number of anilines is 2. The van der Waals surface area contributed by atoms with E-state index in [4.69, 9.17) is 0 Å². The Balaban J connectivity index is 1.40. The number of aromatic nitrogens is 3. The third kappa shape index (κ3) is 3.77. The van der Waals surface area contributed by atoms with E-state index in [0.29, 0.717) is 12.2 Å². The van der Waals surface area contributed by atoms with Crippen LogP contribution in [0.4, 0.5) is 11.4 Å². The van der Waals surface area contributed by atoms with Gasteiger partial charge in [0.15, 0.2) is 0 Å². The summed E-state index contributed by atoms with van der Waals surface area (Å²) in [5.74, 6) is -0.557. The molecule has 1 saturated heterocycles. The molecule has 1 unspecified atom stereocenters. The molecule has 8 heteroatoms. The quantitative estimate of drug-likeness (QED) is 0.674. The fraction of sp³-hybridized carbons (Fsp3) is 0.200. The fourth-order valence-electron chi connectivity index (χ4n) is 3.17. The number of nitrogens with one attached hydrogen (secondary N) is 1. The van der Waals surface area contributed by atoms with Gasteiger partial charge in [-0.2, -0.15) is 15.0 Å². The predicted molar refractivity (Wildman–Crippen MR) is 109 cm³/mol. The van der Waals surface area contributed by atoms with E-state index in [0.717, 1.165) is 16.3 Å². The first-order valence-electron chi connectivity index (χ1n) is 8.86. The zero-order chi connectivity index (χ0) is 19.5. The average molecular weight is 393 g/mol. The summed E-state index contributed by atoms with van der Waals surface area (Å²) >= 11 is 1.65. The topological polar surface area (TPSA) is 80.1 Å². The molecule has 0 radical (unpaired) electrons. The Bertz CT molecular complexity index is 971. The lowest BCUT2D eigenvalue weighted by Gasteiger charge is -2.17. The van der Waals surface area contributed by atoms with Crippen LogP contribution in [0.2, 0.25) is 0 Å². The SMILES string of the molecule is CSc1ccc(N2CC(C(=O)Nc3ccc(-n4nccn4)cc3)CC2=O)cc1. The minimum Gasteiger partial charge on any atom is -0.326 e. The second-order valence-electron chi connectivity index (χ2n) is 6.46. The molecule has 0 bridgehead atoms. The molecule has 142 valence electrons. The van der Waals surface area contributed by atoms with Crippen LogP contribution in [0.5, 0.6) is 0 Å². The van der Waals surface area contributed by atoms with Crippen LogP contribution >= 0.6 is 11.8 Å². The van der Waals surface area contributed by atoms with Crippen LogP contribution in [0.25, 0.3) is 5.69 Å². The summed E-state index contributed by atoms with van der Waals surface area (Å²) in [7, 11) is 0. The van der Waals surface area contributed by atoms with Crippen molar-refractivity contribution in [3.8, 4) is 5.69 Å². The summed E-state index contributed by atoms with van der Waals surface area (Å²) in [4.78, 5) is 29.3. The van der Waals surface area contributed by atoms with Crippen LogP contribution in [0, 0.1) is 5.92 Å². The van der Waals surface area contributed by atoms with Crippen molar-refractivity contribution in [2.24, 2.45) is 5.92 Å². The average Bonchev–Trinajstić information content (AvgIpc) is 3.39. The van der Waals surface area contributed by atoms with Gasteiger partial charge in [0.25, 0.3) is 0 Å². The zero-order valence-corrected chi connectivity index (χ0v) is 16.1. The highest BCUT2D eigenvalue weighted by Crippen LogP contribution is 2.28. The molecule has 2 heterocycles. The molecule has 2 aromatic carbocycles. The van der Waals surface area contributed by atoms with E-state index < -0.39 is 0 Å². The Labute approximate surface area is 166 Å². The summed E-state index contributed by atoms with van der Waals surface area (Å²) in [5.41, 5.74) is 2.31. The van der Waals surface area contributed by atoms with E-state index in [1.54, 1.807) is 41.2 Å². The molecule has 1 N–H and O–H groups in total. The van der Waals surface area contributed by atoms with Crippen LogP contribution in [0.3, 0.4) is 0 Å². The van der Waals surface area contributed by atoms with Gasteiger partial charge in [-0.15, -0.1) is 11.8 Å². The highest BCUT2D eigenvalue weighted by molar-refractivity contribution is 7.98. The molecule has 1 aromatic heterocycles. The molecule has 7 nitrogen and oxygen atoms in total. The number of carbonyl (C=O) groups excluding carboxylic acids is 2. The number of nitrogens with zero attached hydrogens (tertiary/aromatic N) is 4. The largest absolute Gasteiger partial charge is 0.326 e. The lowest BCUT2D eigenvalue weighted by Crippen LogP contribution is -2.28. The fourth-order valence-corrected chi connectivity index (χ4v) is 3.57. The van der Waals surface area contributed by atoms with Crippen molar-refractivity contribution < 1.29 is 9.59 Å². The molecule has 1 fully saturated rings. The lowest BCUT2D eigenvalue weighted by atomic mass is 10.1. The van der Waals surface area contributed by atoms with Crippen molar-refractivity contribution in [3.05, 3.63) is 60.9 Å². The highest BCUT2D eigenvalue weighted by Gasteiger charge is 2.35. The van der Waals surface area contributed by atoms with Gasteiger partial charge in [-0.25, -0.2) is 0 Å². The van der Waals surface area contributed by atoms with E-state index in [-0.39, 0.29) is 24.2 Å². The van der Waals surface area contributed by atoms with Crippen LogP contribution in [-0.2, 0) is 9.59 Å². The van der Waals surface area contributed by atoms with Crippen molar-refractivity contribution in [3.63, 3.8) is 0 Å². The maximum atomic E-state index is 12.6. The molecule has 0 spiro atoms. The highest BCUT2D eigenvalue weighted by atomic mass is 32.2. The van der Waals surface area contributed by atoms with Gasteiger partial charge < -0.3 is 10.2 Å². The van der Waals surface area contributed by atoms with E-state index in [9.17, 15) is 9.59 Å². The van der Waals surface area contributed by atoms with Crippen LogP contribution in [0.1, 0.15) is 6.42 Å². The minimum atomic E-state index is -0.375. The molecule has 1 aliphatic rings. The van der Waals surface area contributed by atoms with Gasteiger partial charge in [-0.3, -0.25) is 9.59 Å². The lowest BCUT2D eigenvalue weighted by molar-refractivity contribution is -0.122. The maximum Gasteiger partial charge on any atom is 0.229 e. The second-order valence-corrected chi connectivity index (χ2v) is 7.34. The van der Waals surface area contributed by atoms with Crippen LogP contribution in [-0.4, -0.2) is 39.6 Å². The predicted octanol–water partition coefficient (Wildman–Crippen LogP) is 2.98. The maximum absolute atomic E-state index is 12.6. The number of hydrogen-bond acceptors (Lipinski definition) is 5. The molecule has 1 aliphatic heterocycles. The molecular weight excluding hydrogens is 374 g/mol. The van der Waals surface area contributed by atoms with Gasteiger partial charge in [-0.1, -0.05) is 0 Å². The summed E-state index contributed by atoms with van der Waals surface area (Å²) in [5, 5.41) is 11.0. The van der Waals surface area contributed by atoms with Crippen molar-refractivity contribution in [2.75, 3.05) is 23.0 Å². The number of hydrogen-bond donors (Lipinski definition) is 1. The van der Waals surface area contributed by atoms with Crippen LogP contribution in [0.15, 0.2) is 65.8 Å². The first-order chi connectivity index (χ1) is 13.6. The first-order valence-corrected chi connectivity index (χ1v) is 10.1. The van der Waals surface area contributed by atoms with E-state index in [1.165, 1.54) is 4.80 Å². The van der Waals surface area contributed by atoms with Gasteiger partial charge >= 0.3 is 0 Å². The molecule has 3 aromatic rings. The Kier molecular flexibility index (Phi) is 5.12. The molecular formula is C20H19N5O2S. The van der Waals surface area contributed by atoms with E-state index in [2.05, 4.69) is 15.5 Å². The van der Waals surface area contributed by atoms with Gasteiger partial charge in [0.1, 0.15) is 0 Å². The van der Waals surface area contributed by atoms with Gasteiger partial charge in [0.2, 0.25) is 11.8 Å². The Morgan fingerprint density at radius 1 is 1.04 bits per heavy atom. The zero-order valence-electron chi connectivity index (χ0n) is 15.3. The van der Waals surface area contributed by atoms with Crippen molar-refractivity contribution in [1.29, 1.82) is 0 Å². The normalized spacial score (nSPS) is 16.4. The van der Waals surface area contributed by atoms with Crippen molar-refractivity contribution in [2.45, 2.75) is 11.3 Å². The molecule has 2 amide bonds. The van der Waals surface area contributed by atoms with Crippen LogP contribution < -0.4 is 10.2 Å². The first kappa shape index (κ1) is 18.2. The minimum absolute atomic E-state index is 0.0304. The van der Waals surface area contributed by atoms with Crippen molar-refractivity contribution in [1.82, 2.24) is 15.0 Å². The number of benzene rings is 2. The number of thioether (sulfide) groups is 1. The second kappa shape index (κ2) is 7.85. The van der Waals surface area contributed by atoms with Crippen molar-refractivity contribution >= 4 is 35.0 Å². The summed E-state index contributed by atoms with van der Waals surface area (Å²) in [6.45, 7) is 0.387. The monoisotopic (exact) mass is 393 g/mol. The number of carbonyl (C=O) groups is 2. The Hall–Kier alpha value is -3.13. The number of rotatable bonds is 5. The van der Waals surface area contributed by atoms with Gasteiger partial charge in [-0.05, 0) is 54.8 Å². The Morgan fingerprint density at radius 3 is 2.32 bits per heavy atom. The Morgan fingerprint density at radius 2 is 1.68 bits per heavy atom. The summed E-state index contributed by atoms with van der Waals surface area (Å²) in [6, 6.07) is 15.1. The summed E-state index contributed by atoms with van der Waals surface area (Å²) in [6.07, 6.45) is 5.43. The van der Waals surface area contributed by atoms with E-state index in [1.807, 2.05) is 42.7 Å². The molecule has 0 aliphatic carbocycles. The third-order valence-electron chi connectivity index (χ3n) is 4.66. The molecule has 0 saturated carbocycles. The molecule has 4 rings (SSSR count). The smallest absolute Gasteiger partial charge is 0.229 e. The van der Waals surface area contributed by atoms with E-state index >= 15 is 0 Å². The summed E-state index contributed by atoms with van der Waals surface area (Å²) < 4.78 is 0. The number of amides is 2. The van der Waals surface area contributed by atoms with Gasteiger partial charge in [0.05, 0.1) is 24.0 Å². The molecule has 28 heavy (non-hydrogen) atoms. The molecule has 1 atom stereocenters. The third-order valence-corrected chi connectivity index (χ3v) is 5.41. The van der Waals surface area contributed by atoms with Gasteiger partial charge in [0, 0.05) is 29.2 Å².